The van der Waals surface area contributed by atoms with Crippen LogP contribution in [0.3, 0.4) is 0 Å². The highest BCUT2D eigenvalue weighted by Crippen LogP contribution is 2.18. The zero-order valence-corrected chi connectivity index (χ0v) is 10.3. The Morgan fingerprint density at radius 2 is 2.29 bits per heavy atom. The van der Waals surface area contributed by atoms with E-state index in [0.29, 0.717) is 25.9 Å². The molecule has 0 aromatic carbocycles. The molecule has 1 fully saturated rings. The van der Waals surface area contributed by atoms with Crippen molar-refractivity contribution in [1.82, 2.24) is 20.1 Å². The van der Waals surface area contributed by atoms with Crippen LogP contribution >= 0.6 is 0 Å². The molecule has 0 bridgehead atoms. The first-order valence-electron chi connectivity index (χ1n) is 6.07. The Hall–Kier alpha value is -0.980. The Balaban J connectivity index is 1.66. The van der Waals surface area contributed by atoms with Gasteiger partial charge in [-0.1, -0.05) is 0 Å². The maximum absolute atomic E-state index is 5.41. The largest absolute Gasteiger partial charge is 0.382 e. The molecule has 0 amide bonds. The van der Waals surface area contributed by atoms with E-state index in [9.17, 15) is 0 Å². The van der Waals surface area contributed by atoms with Gasteiger partial charge in [0.05, 0.1) is 32.9 Å². The van der Waals surface area contributed by atoms with Gasteiger partial charge in [0, 0.05) is 13.2 Å². The molecule has 1 heterocycles. The van der Waals surface area contributed by atoms with Gasteiger partial charge in [0.1, 0.15) is 12.2 Å². The second-order valence-corrected chi connectivity index (χ2v) is 4.16. The van der Waals surface area contributed by atoms with Crippen LogP contribution < -0.4 is 5.32 Å². The lowest BCUT2D eigenvalue weighted by molar-refractivity contribution is 0.0650. The highest BCUT2D eigenvalue weighted by atomic mass is 16.5. The Morgan fingerprint density at radius 3 is 3.06 bits per heavy atom. The number of nitrogens with one attached hydrogen (secondary N) is 1. The van der Waals surface area contributed by atoms with Crippen LogP contribution in [0.5, 0.6) is 0 Å². The first-order chi connectivity index (χ1) is 8.40. The smallest absolute Gasteiger partial charge is 0.140 e. The predicted molar refractivity (Wildman–Crippen MR) is 62.6 cm³/mol. The number of rotatable bonds is 9. The van der Waals surface area contributed by atoms with Crippen LogP contribution in [0.15, 0.2) is 6.33 Å². The zero-order valence-electron chi connectivity index (χ0n) is 10.3. The molecule has 6 nitrogen and oxygen atoms in total. The van der Waals surface area contributed by atoms with Crippen molar-refractivity contribution in [3.63, 3.8) is 0 Å². The Kier molecular flexibility index (Phi) is 4.90. The number of hydrogen-bond donors (Lipinski definition) is 1. The van der Waals surface area contributed by atoms with Crippen LogP contribution in [0.1, 0.15) is 18.7 Å². The molecule has 6 heteroatoms. The molecule has 0 spiro atoms. The van der Waals surface area contributed by atoms with Crippen LogP contribution in [0.2, 0.25) is 0 Å². The average molecular weight is 240 g/mol. The van der Waals surface area contributed by atoms with Gasteiger partial charge in [0.2, 0.25) is 0 Å². The Labute approximate surface area is 101 Å². The van der Waals surface area contributed by atoms with Crippen molar-refractivity contribution in [2.24, 2.45) is 0 Å². The lowest BCUT2D eigenvalue weighted by Gasteiger charge is -2.07. The number of ether oxygens (including phenoxy) is 2. The molecule has 1 aromatic heterocycles. The van der Waals surface area contributed by atoms with Crippen molar-refractivity contribution in [3.8, 4) is 0 Å². The van der Waals surface area contributed by atoms with Crippen LogP contribution in [-0.2, 0) is 22.6 Å². The normalized spacial score (nSPS) is 15.4. The number of methoxy groups -OCH3 is 1. The van der Waals surface area contributed by atoms with Crippen LogP contribution in [0, 0.1) is 0 Å². The van der Waals surface area contributed by atoms with E-state index < -0.39 is 0 Å². The lowest BCUT2D eigenvalue weighted by atomic mass is 10.5. The van der Waals surface area contributed by atoms with E-state index in [2.05, 4.69) is 15.4 Å². The molecule has 0 atom stereocenters. The molecule has 1 aliphatic carbocycles. The standard InChI is InChI=1S/C11H20N4O2/c1-16-6-7-17-5-4-15-11(13-9-14-15)8-12-10-2-3-10/h9-10,12H,2-8H2,1H3. The molecule has 1 N–H and O–H groups in total. The van der Waals surface area contributed by atoms with Crippen molar-refractivity contribution >= 4 is 0 Å². The first-order valence-corrected chi connectivity index (χ1v) is 6.07. The molecule has 1 saturated carbocycles. The third kappa shape index (κ3) is 4.41. The molecule has 96 valence electrons. The summed E-state index contributed by atoms with van der Waals surface area (Å²) in [4.78, 5) is 4.24. The van der Waals surface area contributed by atoms with Gasteiger partial charge in [-0.15, -0.1) is 0 Å². The molecule has 1 aliphatic rings. The summed E-state index contributed by atoms with van der Waals surface area (Å²) in [6.45, 7) is 3.44. The monoisotopic (exact) mass is 240 g/mol. The summed E-state index contributed by atoms with van der Waals surface area (Å²) in [5.41, 5.74) is 0. The third-order valence-corrected chi connectivity index (χ3v) is 2.70. The van der Waals surface area contributed by atoms with Crippen molar-refractivity contribution < 1.29 is 9.47 Å². The average Bonchev–Trinajstić information content (AvgIpc) is 3.06. The quantitative estimate of drug-likeness (QED) is 0.624. The number of hydrogen-bond acceptors (Lipinski definition) is 5. The highest BCUT2D eigenvalue weighted by molar-refractivity contribution is 4.88. The summed E-state index contributed by atoms with van der Waals surface area (Å²) < 4.78 is 12.2. The van der Waals surface area contributed by atoms with E-state index in [1.165, 1.54) is 12.8 Å². The number of aromatic nitrogens is 3. The summed E-state index contributed by atoms with van der Waals surface area (Å²) in [7, 11) is 1.67. The number of nitrogens with zero attached hydrogens (tertiary/aromatic N) is 3. The minimum Gasteiger partial charge on any atom is -0.382 e. The van der Waals surface area contributed by atoms with Crippen LogP contribution in [0.25, 0.3) is 0 Å². The fourth-order valence-electron chi connectivity index (χ4n) is 1.53. The summed E-state index contributed by atoms with van der Waals surface area (Å²) in [6, 6.07) is 0.693. The second-order valence-electron chi connectivity index (χ2n) is 4.16. The molecular formula is C11H20N4O2. The van der Waals surface area contributed by atoms with Gasteiger partial charge >= 0.3 is 0 Å². The molecule has 1 aromatic rings. The molecule has 17 heavy (non-hydrogen) atoms. The minimum absolute atomic E-state index is 0.626. The maximum Gasteiger partial charge on any atom is 0.140 e. The van der Waals surface area contributed by atoms with Crippen molar-refractivity contribution in [1.29, 1.82) is 0 Å². The SMILES string of the molecule is COCCOCCn1ncnc1CNC1CC1. The molecule has 0 saturated heterocycles. The topological polar surface area (TPSA) is 61.2 Å². The van der Waals surface area contributed by atoms with E-state index in [4.69, 9.17) is 9.47 Å². The first kappa shape index (κ1) is 12.5. The van der Waals surface area contributed by atoms with Gasteiger partial charge in [-0.2, -0.15) is 5.10 Å². The van der Waals surface area contributed by atoms with Crippen LogP contribution in [0.4, 0.5) is 0 Å². The van der Waals surface area contributed by atoms with E-state index in [1.54, 1.807) is 13.4 Å². The molecule has 0 unspecified atom stereocenters. The molecule has 0 radical (unpaired) electrons. The second kappa shape index (κ2) is 6.68. The summed E-state index contributed by atoms with van der Waals surface area (Å²) in [5, 5.41) is 7.61. The van der Waals surface area contributed by atoms with E-state index in [-0.39, 0.29) is 0 Å². The molecule has 0 aliphatic heterocycles. The van der Waals surface area contributed by atoms with Crippen molar-refractivity contribution in [3.05, 3.63) is 12.2 Å². The predicted octanol–water partition coefficient (Wildman–Crippen LogP) is 0.193. The molecular weight excluding hydrogens is 220 g/mol. The zero-order chi connectivity index (χ0) is 11.9. The maximum atomic E-state index is 5.41. The summed E-state index contributed by atoms with van der Waals surface area (Å²) in [5.74, 6) is 0.979. The van der Waals surface area contributed by atoms with Crippen LogP contribution in [-0.4, -0.2) is 47.7 Å². The summed E-state index contributed by atoms with van der Waals surface area (Å²) >= 11 is 0. The van der Waals surface area contributed by atoms with Gasteiger partial charge in [-0.05, 0) is 12.8 Å². The van der Waals surface area contributed by atoms with E-state index in [0.717, 1.165) is 18.9 Å². The third-order valence-electron chi connectivity index (χ3n) is 2.70. The Bertz CT molecular complexity index is 325. The van der Waals surface area contributed by atoms with E-state index in [1.807, 2.05) is 4.68 Å². The Morgan fingerprint density at radius 1 is 1.41 bits per heavy atom. The molecule has 2 rings (SSSR count). The lowest BCUT2D eigenvalue weighted by Crippen LogP contribution is -2.20. The van der Waals surface area contributed by atoms with Gasteiger partial charge < -0.3 is 14.8 Å². The minimum atomic E-state index is 0.626. The van der Waals surface area contributed by atoms with Crippen molar-refractivity contribution in [2.75, 3.05) is 26.9 Å². The fourth-order valence-corrected chi connectivity index (χ4v) is 1.53. The van der Waals surface area contributed by atoms with E-state index >= 15 is 0 Å². The van der Waals surface area contributed by atoms with Crippen molar-refractivity contribution in [2.45, 2.75) is 32.0 Å². The van der Waals surface area contributed by atoms with Gasteiger partial charge in [0.15, 0.2) is 0 Å². The fraction of sp³-hybridized carbons (Fsp3) is 0.818. The van der Waals surface area contributed by atoms with Gasteiger partial charge in [0.25, 0.3) is 0 Å². The highest BCUT2D eigenvalue weighted by Gasteiger charge is 2.20. The summed E-state index contributed by atoms with van der Waals surface area (Å²) in [6.07, 6.45) is 4.17. The van der Waals surface area contributed by atoms with Gasteiger partial charge in [-0.3, -0.25) is 0 Å². The van der Waals surface area contributed by atoms with Gasteiger partial charge in [-0.25, -0.2) is 9.67 Å².